The first-order chi connectivity index (χ1) is 10.1. The molecule has 0 aromatic carbocycles. The number of rotatable bonds is 1. The number of hydrogen-bond donors (Lipinski definition) is 2. The molecule has 0 bridgehead atoms. The van der Waals surface area contributed by atoms with Gasteiger partial charge in [0.15, 0.2) is 5.82 Å². The maximum atomic E-state index is 11.1. The van der Waals surface area contributed by atoms with Crippen LogP contribution in [-0.2, 0) is 0 Å². The molecule has 1 aliphatic heterocycles. The number of anilines is 2. The third-order valence-electron chi connectivity index (χ3n) is 3.69. The Balaban J connectivity index is 1.88. The topological polar surface area (TPSA) is 108 Å². The number of nitrogen functional groups attached to an aromatic ring is 1. The highest BCUT2D eigenvalue weighted by atomic mass is 16.4. The van der Waals surface area contributed by atoms with Crippen LogP contribution in [0.25, 0.3) is 11.0 Å². The standard InChI is InChI=1S/C13H16N6O2/c1-8-6-18(4-5-19(8)13(20)21)10-3-2-9-11(17-10)12(14)16-7-15-9/h2-3,7-8H,4-6H2,1H3,(H,20,21)(H2,14,15,16). The number of piperazine rings is 1. The molecular formula is C13H16N6O2. The first-order valence-corrected chi connectivity index (χ1v) is 6.68. The number of nitrogens with zero attached hydrogens (tertiary/aromatic N) is 5. The molecule has 8 heteroatoms. The zero-order valence-electron chi connectivity index (χ0n) is 11.6. The summed E-state index contributed by atoms with van der Waals surface area (Å²) in [4.78, 5) is 27.2. The number of pyridine rings is 1. The van der Waals surface area contributed by atoms with Gasteiger partial charge in [-0.3, -0.25) is 0 Å². The SMILES string of the molecule is CC1CN(c2ccc3ncnc(N)c3n2)CCN1C(=O)O. The van der Waals surface area contributed by atoms with Crippen molar-refractivity contribution < 1.29 is 9.90 Å². The predicted octanol–water partition coefficient (Wildman–Crippen LogP) is 0.795. The molecule has 21 heavy (non-hydrogen) atoms. The lowest BCUT2D eigenvalue weighted by atomic mass is 10.2. The lowest BCUT2D eigenvalue weighted by Crippen LogP contribution is -2.53. The molecule has 1 saturated heterocycles. The molecule has 110 valence electrons. The van der Waals surface area contributed by atoms with Gasteiger partial charge in [0.05, 0.1) is 5.52 Å². The molecule has 2 aromatic rings. The van der Waals surface area contributed by atoms with Crippen LogP contribution in [0.2, 0.25) is 0 Å². The molecule has 3 rings (SSSR count). The van der Waals surface area contributed by atoms with Crippen molar-refractivity contribution in [3.05, 3.63) is 18.5 Å². The van der Waals surface area contributed by atoms with Crippen molar-refractivity contribution in [3.63, 3.8) is 0 Å². The molecular weight excluding hydrogens is 272 g/mol. The van der Waals surface area contributed by atoms with E-state index < -0.39 is 6.09 Å². The van der Waals surface area contributed by atoms with Gasteiger partial charge in [0.25, 0.3) is 0 Å². The van der Waals surface area contributed by atoms with Gasteiger partial charge in [0.1, 0.15) is 17.7 Å². The monoisotopic (exact) mass is 288 g/mol. The summed E-state index contributed by atoms with van der Waals surface area (Å²) in [6, 6.07) is 3.64. The molecule has 8 nitrogen and oxygen atoms in total. The van der Waals surface area contributed by atoms with Crippen LogP contribution >= 0.6 is 0 Å². The van der Waals surface area contributed by atoms with E-state index in [2.05, 4.69) is 19.9 Å². The maximum absolute atomic E-state index is 11.1. The van der Waals surface area contributed by atoms with E-state index >= 15 is 0 Å². The molecule has 3 heterocycles. The van der Waals surface area contributed by atoms with Crippen LogP contribution in [0, 0.1) is 0 Å². The summed E-state index contributed by atoms with van der Waals surface area (Å²) < 4.78 is 0. The summed E-state index contributed by atoms with van der Waals surface area (Å²) in [5.41, 5.74) is 7.10. The lowest BCUT2D eigenvalue weighted by molar-refractivity contribution is 0.122. The highest BCUT2D eigenvalue weighted by Crippen LogP contribution is 2.22. The Hall–Kier alpha value is -2.64. The van der Waals surface area contributed by atoms with E-state index in [0.717, 1.165) is 5.82 Å². The van der Waals surface area contributed by atoms with Crippen molar-refractivity contribution in [1.29, 1.82) is 0 Å². The zero-order valence-corrected chi connectivity index (χ0v) is 11.6. The quantitative estimate of drug-likeness (QED) is 0.798. The molecule has 1 aliphatic rings. The van der Waals surface area contributed by atoms with E-state index in [9.17, 15) is 4.79 Å². The number of hydrogen-bond acceptors (Lipinski definition) is 6. The van der Waals surface area contributed by atoms with Crippen molar-refractivity contribution in [1.82, 2.24) is 19.9 Å². The van der Waals surface area contributed by atoms with Crippen LogP contribution in [-0.4, -0.2) is 56.7 Å². The Labute approximate surface area is 121 Å². The minimum Gasteiger partial charge on any atom is -0.465 e. The predicted molar refractivity (Wildman–Crippen MR) is 78.2 cm³/mol. The minimum absolute atomic E-state index is 0.0851. The van der Waals surface area contributed by atoms with Gasteiger partial charge >= 0.3 is 6.09 Å². The number of nitrogens with two attached hydrogens (primary N) is 1. The summed E-state index contributed by atoms with van der Waals surface area (Å²) in [6.07, 6.45) is 0.526. The molecule has 1 fully saturated rings. The third kappa shape index (κ3) is 2.39. The van der Waals surface area contributed by atoms with E-state index in [-0.39, 0.29) is 6.04 Å². The first-order valence-electron chi connectivity index (χ1n) is 6.68. The zero-order chi connectivity index (χ0) is 15.0. The summed E-state index contributed by atoms with van der Waals surface area (Å²) in [5.74, 6) is 1.11. The summed E-state index contributed by atoms with van der Waals surface area (Å²) >= 11 is 0. The number of aromatic nitrogens is 3. The molecule has 0 saturated carbocycles. The first kappa shape index (κ1) is 13.3. The van der Waals surface area contributed by atoms with Crippen LogP contribution in [0.1, 0.15) is 6.92 Å². The second-order valence-corrected chi connectivity index (χ2v) is 5.07. The second kappa shape index (κ2) is 5.04. The molecule has 3 N–H and O–H groups in total. The van der Waals surface area contributed by atoms with Gasteiger partial charge in [-0.15, -0.1) is 0 Å². The molecule has 0 spiro atoms. The molecule has 1 atom stereocenters. The third-order valence-corrected chi connectivity index (χ3v) is 3.69. The van der Waals surface area contributed by atoms with Gasteiger partial charge in [-0.1, -0.05) is 0 Å². The van der Waals surface area contributed by atoms with E-state index in [4.69, 9.17) is 10.8 Å². The van der Waals surface area contributed by atoms with Gasteiger partial charge in [0.2, 0.25) is 0 Å². The van der Waals surface area contributed by atoms with Crippen LogP contribution in [0.15, 0.2) is 18.5 Å². The van der Waals surface area contributed by atoms with Crippen LogP contribution in [0.5, 0.6) is 0 Å². The number of fused-ring (bicyclic) bond motifs is 1. The Morgan fingerprint density at radius 3 is 2.90 bits per heavy atom. The molecule has 0 radical (unpaired) electrons. The van der Waals surface area contributed by atoms with E-state index in [1.165, 1.54) is 11.2 Å². The minimum atomic E-state index is -0.883. The molecule has 0 aliphatic carbocycles. The summed E-state index contributed by atoms with van der Waals surface area (Å²) in [6.45, 7) is 3.54. The smallest absolute Gasteiger partial charge is 0.407 e. The van der Waals surface area contributed by atoms with E-state index in [1.54, 1.807) is 0 Å². The Kier molecular flexibility index (Phi) is 3.20. The Morgan fingerprint density at radius 2 is 2.19 bits per heavy atom. The average Bonchev–Trinajstić information content (AvgIpc) is 2.47. The molecule has 2 aromatic heterocycles. The van der Waals surface area contributed by atoms with Gasteiger partial charge < -0.3 is 20.6 Å². The fourth-order valence-corrected chi connectivity index (χ4v) is 2.57. The maximum Gasteiger partial charge on any atom is 0.407 e. The van der Waals surface area contributed by atoms with Gasteiger partial charge in [-0.05, 0) is 19.1 Å². The molecule has 1 amide bonds. The number of carbonyl (C=O) groups is 1. The van der Waals surface area contributed by atoms with Crippen LogP contribution in [0.4, 0.5) is 16.4 Å². The summed E-state index contributed by atoms with van der Waals surface area (Å²) in [7, 11) is 0. The Bertz CT molecular complexity index is 691. The van der Waals surface area contributed by atoms with Crippen LogP contribution < -0.4 is 10.6 Å². The normalized spacial score (nSPS) is 19.0. The fourth-order valence-electron chi connectivity index (χ4n) is 2.57. The van der Waals surface area contributed by atoms with Crippen LogP contribution in [0.3, 0.4) is 0 Å². The van der Waals surface area contributed by atoms with E-state index in [0.29, 0.717) is 36.5 Å². The van der Waals surface area contributed by atoms with Gasteiger partial charge in [0, 0.05) is 25.7 Å². The van der Waals surface area contributed by atoms with Gasteiger partial charge in [-0.2, -0.15) is 0 Å². The van der Waals surface area contributed by atoms with Crippen molar-refractivity contribution in [2.75, 3.05) is 30.3 Å². The summed E-state index contributed by atoms with van der Waals surface area (Å²) in [5, 5.41) is 9.10. The second-order valence-electron chi connectivity index (χ2n) is 5.07. The lowest BCUT2D eigenvalue weighted by Gasteiger charge is -2.38. The molecule has 1 unspecified atom stereocenters. The van der Waals surface area contributed by atoms with Crippen molar-refractivity contribution >= 4 is 28.8 Å². The number of amides is 1. The van der Waals surface area contributed by atoms with Gasteiger partial charge in [-0.25, -0.2) is 19.7 Å². The van der Waals surface area contributed by atoms with Crippen molar-refractivity contribution in [3.8, 4) is 0 Å². The fraction of sp³-hybridized carbons (Fsp3) is 0.385. The largest absolute Gasteiger partial charge is 0.465 e. The Morgan fingerprint density at radius 1 is 1.38 bits per heavy atom. The van der Waals surface area contributed by atoms with Crippen molar-refractivity contribution in [2.24, 2.45) is 0 Å². The highest BCUT2D eigenvalue weighted by molar-refractivity contribution is 5.84. The van der Waals surface area contributed by atoms with Crippen molar-refractivity contribution in [2.45, 2.75) is 13.0 Å². The average molecular weight is 288 g/mol. The number of carboxylic acid groups (broad SMARTS) is 1. The van der Waals surface area contributed by atoms with E-state index in [1.807, 2.05) is 19.1 Å². The highest BCUT2D eigenvalue weighted by Gasteiger charge is 2.27.